The fraction of sp³-hybridized carbons (Fsp3) is 0.545. The Kier molecular flexibility index (Phi) is 3.99. The van der Waals surface area contributed by atoms with Crippen molar-refractivity contribution in [3.8, 4) is 0 Å². The van der Waals surface area contributed by atoms with Gasteiger partial charge >= 0.3 is 0 Å². The van der Waals surface area contributed by atoms with E-state index >= 15 is 0 Å². The molecule has 1 saturated carbocycles. The van der Waals surface area contributed by atoms with Gasteiger partial charge in [-0.05, 0) is 18.9 Å². The molecule has 100 valence electrons. The summed E-state index contributed by atoms with van der Waals surface area (Å²) in [6.45, 7) is 0. The molecule has 18 heavy (non-hydrogen) atoms. The summed E-state index contributed by atoms with van der Waals surface area (Å²) in [5.74, 6) is -0.135. The third-order valence-corrected chi connectivity index (χ3v) is 6.30. The van der Waals surface area contributed by atoms with Crippen molar-refractivity contribution < 1.29 is 13.2 Å². The first-order valence-corrected chi connectivity index (χ1v) is 8.89. The monoisotopic (exact) mass is 307 g/mol. The highest BCUT2D eigenvalue weighted by atomic mass is 35.7. The summed E-state index contributed by atoms with van der Waals surface area (Å²) in [4.78, 5) is 13.9. The predicted molar refractivity (Wildman–Crippen MR) is 71.7 cm³/mol. The van der Waals surface area contributed by atoms with E-state index in [9.17, 15) is 13.2 Å². The molecular formula is C11H14ClNO3S2. The summed E-state index contributed by atoms with van der Waals surface area (Å²) in [6, 6.07) is 1.62. The molecule has 0 radical (unpaired) electrons. The number of thiophene rings is 1. The van der Waals surface area contributed by atoms with E-state index < -0.39 is 9.05 Å². The van der Waals surface area contributed by atoms with Gasteiger partial charge in [-0.1, -0.05) is 12.8 Å². The molecule has 7 heteroatoms. The number of amides is 1. The second-order valence-corrected chi connectivity index (χ2v) is 8.15. The molecule has 4 nitrogen and oxygen atoms in total. The van der Waals surface area contributed by atoms with Crippen LogP contribution in [0.4, 0.5) is 0 Å². The van der Waals surface area contributed by atoms with Gasteiger partial charge < -0.3 is 4.90 Å². The van der Waals surface area contributed by atoms with E-state index in [4.69, 9.17) is 10.7 Å². The molecule has 1 fully saturated rings. The maximum absolute atomic E-state index is 12.2. The molecule has 0 spiro atoms. The molecule has 2 rings (SSSR count). The summed E-state index contributed by atoms with van der Waals surface area (Å²) in [7, 11) is 3.27. The lowest BCUT2D eigenvalue weighted by molar-refractivity contribution is 0.0735. The number of halogens is 1. The Balaban J connectivity index is 2.16. The van der Waals surface area contributed by atoms with Gasteiger partial charge in [0, 0.05) is 29.2 Å². The summed E-state index contributed by atoms with van der Waals surface area (Å²) >= 11 is 0.977. The van der Waals surface area contributed by atoms with Gasteiger partial charge in [-0.25, -0.2) is 8.42 Å². The minimum atomic E-state index is -3.74. The average molecular weight is 308 g/mol. The van der Waals surface area contributed by atoms with Gasteiger partial charge in [0.15, 0.2) is 0 Å². The molecule has 0 N–H and O–H groups in total. The van der Waals surface area contributed by atoms with E-state index in [-0.39, 0.29) is 16.2 Å². The molecule has 0 unspecified atom stereocenters. The van der Waals surface area contributed by atoms with Crippen LogP contribution in [0.25, 0.3) is 0 Å². The van der Waals surface area contributed by atoms with E-state index in [1.807, 2.05) is 0 Å². The van der Waals surface area contributed by atoms with Crippen LogP contribution in [0, 0.1) is 0 Å². The highest BCUT2D eigenvalue weighted by Gasteiger charge is 2.25. The predicted octanol–water partition coefficient (Wildman–Crippen LogP) is 2.69. The van der Waals surface area contributed by atoms with Crippen LogP contribution in [-0.4, -0.2) is 32.3 Å². The SMILES string of the molecule is CN(C(=O)c1csc(S(=O)(=O)Cl)c1)C1CCCC1. The number of hydrogen-bond donors (Lipinski definition) is 0. The summed E-state index contributed by atoms with van der Waals surface area (Å²) in [6.07, 6.45) is 4.33. The van der Waals surface area contributed by atoms with E-state index in [2.05, 4.69) is 0 Å². The molecule has 0 saturated heterocycles. The Bertz CT molecular complexity index is 546. The standard InChI is InChI=1S/C11H14ClNO3S2/c1-13(9-4-2-3-5-9)11(14)8-6-10(17-7-8)18(12,15)16/h6-7,9H,2-5H2,1H3. The lowest BCUT2D eigenvalue weighted by atomic mass is 10.2. The number of carbonyl (C=O) groups excluding carboxylic acids is 1. The van der Waals surface area contributed by atoms with Gasteiger partial charge in [-0.15, -0.1) is 11.3 Å². The van der Waals surface area contributed by atoms with Crippen molar-refractivity contribution in [2.75, 3.05) is 7.05 Å². The van der Waals surface area contributed by atoms with Crippen LogP contribution in [0.5, 0.6) is 0 Å². The normalized spacial score (nSPS) is 17.0. The van der Waals surface area contributed by atoms with E-state index in [0.29, 0.717) is 5.56 Å². The Hall–Kier alpha value is -0.590. The summed E-state index contributed by atoms with van der Waals surface area (Å²) in [5.41, 5.74) is 0.397. The lowest BCUT2D eigenvalue weighted by Gasteiger charge is -2.23. The van der Waals surface area contributed by atoms with Crippen molar-refractivity contribution in [2.24, 2.45) is 0 Å². The maximum atomic E-state index is 12.2. The summed E-state index contributed by atoms with van der Waals surface area (Å²) < 4.78 is 22.3. The van der Waals surface area contributed by atoms with Gasteiger partial charge in [0.25, 0.3) is 15.0 Å². The van der Waals surface area contributed by atoms with E-state index in [0.717, 1.165) is 37.0 Å². The molecule has 1 amide bonds. The molecule has 0 aliphatic heterocycles. The third-order valence-electron chi connectivity index (χ3n) is 3.26. The number of hydrogen-bond acceptors (Lipinski definition) is 4. The third kappa shape index (κ3) is 2.87. The Morgan fingerprint density at radius 1 is 1.44 bits per heavy atom. The van der Waals surface area contributed by atoms with Crippen LogP contribution in [0.2, 0.25) is 0 Å². The highest BCUT2D eigenvalue weighted by molar-refractivity contribution is 8.15. The van der Waals surface area contributed by atoms with Gasteiger partial charge in [-0.2, -0.15) is 0 Å². The Labute approximate surface area is 115 Å². The first kappa shape index (κ1) is 13.8. The van der Waals surface area contributed by atoms with Gasteiger partial charge in [-0.3, -0.25) is 4.79 Å². The van der Waals surface area contributed by atoms with Crippen molar-refractivity contribution in [3.05, 3.63) is 17.0 Å². The molecule has 0 aromatic carbocycles. The minimum Gasteiger partial charge on any atom is -0.339 e. The van der Waals surface area contributed by atoms with Crippen molar-refractivity contribution in [3.63, 3.8) is 0 Å². The first-order chi connectivity index (χ1) is 8.39. The van der Waals surface area contributed by atoms with Crippen LogP contribution in [-0.2, 0) is 9.05 Å². The smallest absolute Gasteiger partial charge is 0.270 e. The fourth-order valence-corrected chi connectivity index (χ4v) is 4.16. The zero-order chi connectivity index (χ0) is 13.3. The first-order valence-electron chi connectivity index (χ1n) is 5.70. The number of rotatable bonds is 3. The summed E-state index contributed by atoms with van der Waals surface area (Å²) in [5, 5.41) is 1.54. The van der Waals surface area contributed by atoms with Crippen molar-refractivity contribution >= 4 is 37.0 Å². The van der Waals surface area contributed by atoms with Crippen LogP contribution in [0.15, 0.2) is 15.7 Å². The van der Waals surface area contributed by atoms with Crippen molar-refractivity contribution in [1.29, 1.82) is 0 Å². The van der Waals surface area contributed by atoms with Crippen LogP contribution >= 0.6 is 22.0 Å². The highest BCUT2D eigenvalue weighted by Crippen LogP contribution is 2.27. The van der Waals surface area contributed by atoms with E-state index in [1.165, 1.54) is 6.07 Å². The molecule has 0 atom stereocenters. The topological polar surface area (TPSA) is 54.5 Å². The zero-order valence-corrected chi connectivity index (χ0v) is 12.3. The number of carbonyl (C=O) groups is 1. The van der Waals surface area contributed by atoms with Gasteiger partial charge in [0.1, 0.15) is 4.21 Å². The molecule has 1 aromatic rings. The quantitative estimate of drug-likeness (QED) is 0.807. The molecule has 1 heterocycles. The lowest BCUT2D eigenvalue weighted by Crippen LogP contribution is -2.34. The van der Waals surface area contributed by atoms with Crippen LogP contribution in [0.3, 0.4) is 0 Å². The van der Waals surface area contributed by atoms with Gasteiger partial charge in [0.2, 0.25) is 0 Å². The maximum Gasteiger partial charge on any atom is 0.270 e. The average Bonchev–Trinajstić information content (AvgIpc) is 2.96. The largest absolute Gasteiger partial charge is 0.339 e. The molecule has 1 aliphatic rings. The number of nitrogens with zero attached hydrogens (tertiary/aromatic N) is 1. The van der Waals surface area contributed by atoms with Crippen LogP contribution in [0.1, 0.15) is 36.0 Å². The minimum absolute atomic E-state index is 0.0207. The second kappa shape index (κ2) is 5.19. The molecule has 1 aliphatic carbocycles. The van der Waals surface area contributed by atoms with Crippen molar-refractivity contribution in [1.82, 2.24) is 4.90 Å². The zero-order valence-electron chi connectivity index (χ0n) is 9.93. The van der Waals surface area contributed by atoms with Gasteiger partial charge in [0.05, 0.1) is 5.56 Å². The van der Waals surface area contributed by atoms with Crippen LogP contribution < -0.4 is 0 Å². The van der Waals surface area contributed by atoms with Crippen molar-refractivity contribution in [2.45, 2.75) is 35.9 Å². The molecule has 0 bridgehead atoms. The Morgan fingerprint density at radius 2 is 2.06 bits per heavy atom. The molecule has 1 aromatic heterocycles. The van der Waals surface area contributed by atoms with E-state index in [1.54, 1.807) is 17.3 Å². The second-order valence-electron chi connectivity index (χ2n) is 4.45. The Morgan fingerprint density at radius 3 is 2.56 bits per heavy atom. The fourth-order valence-electron chi connectivity index (χ4n) is 2.22. The molecular weight excluding hydrogens is 294 g/mol.